The lowest BCUT2D eigenvalue weighted by atomic mass is 9.85. The first-order chi connectivity index (χ1) is 14.0. The minimum atomic E-state index is -1.13. The molecule has 0 aliphatic heterocycles. The maximum absolute atomic E-state index is 12.4. The zero-order chi connectivity index (χ0) is 20.5. The fourth-order valence-electron chi connectivity index (χ4n) is 3.74. The average Bonchev–Trinajstić information content (AvgIpc) is 3.16. The maximum Gasteiger partial charge on any atom is 0.270 e. The van der Waals surface area contributed by atoms with E-state index in [1.54, 1.807) is 36.3 Å². The molecule has 0 saturated heterocycles. The highest BCUT2D eigenvalue weighted by Gasteiger charge is 2.40. The van der Waals surface area contributed by atoms with Crippen LogP contribution in [0.15, 0.2) is 31.0 Å². The van der Waals surface area contributed by atoms with Gasteiger partial charge in [-0.3, -0.25) is 9.78 Å². The molecule has 0 unspecified atom stereocenters. The first kappa shape index (κ1) is 19.2. The second kappa shape index (κ2) is 7.72. The Morgan fingerprint density at radius 3 is 2.69 bits per heavy atom. The van der Waals surface area contributed by atoms with Gasteiger partial charge in [0.2, 0.25) is 0 Å². The number of aliphatic hydroxyl groups is 2. The van der Waals surface area contributed by atoms with Gasteiger partial charge in [0.1, 0.15) is 29.7 Å². The number of carbonyl (C=O) groups is 1. The number of hydrogen-bond acceptors (Lipinski definition) is 8. The highest BCUT2D eigenvalue weighted by Crippen LogP contribution is 2.32. The predicted octanol–water partition coefficient (Wildman–Crippen LogP) is 0.427. The number of nitrogens with zero attached hydrogens (tertiary/aromatic N) is 5. The number of carbonyl (C=O) groups excluding carboxylic acids is 1. The van der Waals surface area contributed by atoms with E-state index < -0.39 is 24.3 Å². The fraction of sp³-hybridized carbons (Fsp3) is 0.421. The molecule has 1 saturated carbocycles. The molecule has 3 aromatic heterocycles. The molecule has 1 aliphatic carbocycles. The summed E-state index contributed by atoms with van der Waals surface area (Å²) in [5.74, 6) is 0.217. The number of nitrogens with one attached hydrogen (secondary N) is 2. The molecule has 10 heteroatoms. The standard InChI is InChI=1S/C19H23N7O3/c1-10-3-4-12(21-7-10)19(29)25-11-5-6-13(16(28)15(11)27)26-9-24-14-17(20-2)22-8-23-18(14)26/h3-4,7-9,11,13,15-16,27-28H,5-6H2,1-2H3,(H,25,29)(H,20,22,23)/t11-,13-,15-,16-/m1/s1. The van der Waals surface area contributed by atoms with Crippen LogP contribution in [0.4, 0.5) is 5.82 Å². The zero-order valence-electron chi connectivity index (χ0n) is 16.1. The van der Waals surface area contributed by atoms with Gasteiger partial charge in [-0.1, -0.05) is 6.07 Å². The average molecular weight is 397 g/mol. The number of hydrogen-bond donors (Lipinski definition) is 4. The molecule has 29 heavy (non-hydrogen) atoms. The van der Waals surface area contributed by atoms with E-state index in [2.05, 4.69) is 30.6 Å². The van der Waals surface area contributed by atoms with Crippen molar-refractivity contribution in [3.05, 3.63) is 42.2 Å². The summed E-state index contributed by atoms with van der Waals surface area (Å²) < 4.78 is 1.76. The second-order valence-corrected chi connectivity index (χ2v) is 7.22. The van der Waals surface area contributed by atoms with E-state index in [0.717, 1.165) is 5.56 Å². The first-order valence-electron chi connectivity index (χ1n) is 9.44. The summed E-state index contributed by atoms with van der Waals surface area (Å²) in [6, 6.07) is 2.44. The van der Waals surface area contributed by atoms with Gasteiger partial charge >= 0.3 is 0 Å². The Balaban J connectivity index is 1.51. The lowest BCUT2D eigenvalue weighted by Gasteiger charge is -2.38. The molecule has 1 amide bonds. The third kappa shape index (κ3) is 3.52. The number of imidazole rings is 1. The number of amides is 1. The summed E-state index contributed by atoms with van der Waals surface area (Å²) in [5, 5.41) is 27.2. The summed E-state index contributed by atoms with van der Waals surface area (Å²) >= 11 is 0. The van der Waals surface area contributed by atoms with Crippen LogP contribution in [-0.2, 0) is 0 Å². The molecular formula is C19H23N7O3. The van der Waals surface area contributed by atoms with Gasteiger partial charge in [0.05, 0.1) is 18.4 Å². The van der Waals surface area contributed by atoms with Gasteiger partial charge < -0.3 is 25.4 Å². The number of anilines is 1. The van der Waals surface area contributed by atoms with Crippen LogP contribution >= 0.6 is 0 Å². The fourth-order valence-corrected chi connectivity index (χ4v) is 3.74. The van der Waals surface area contributed by atoms with E-state index in [0.29, 0.717) is 29.8 Å². The van der Waals surface area contributed by atoms with Gasteiger partial charge in [0, 0.05) is 13.2 Å². The Morgan fingerprint density at radius 2 is 1.97 bits per heavy atom. The van der Waals surface area contributed by atoms with Crippen molar-refractivity contribution in [1.82, 2.24) is 29.8 Å². The maximum atomic E-state index is 12.4. The quantitative estimate of drug-likeness (QED) is 0.497. The van der Waals surface area contributed by atoms with Crippen LogP contribution in [0.25, 0.3) is 11.2 Å². The Bertz CT molecular complexity index is 1020. The minimum Gasteiger partial charge on any atom is -0.388 e. The number of aryl methyl sites for hydroxylation is 1. The molecule has 10 nitrogen and oxygen atoms in total. The normalized spacial score (nSPS) is 24.4. The van der Waals surface area contributed by atoms with Crippen molar-refractivity contribution in [3.63, 3.8) is 0 Å². The minimum absolute atomic E-state index is 0.274. The van der Waals surface area contributed by atoms with Crippen LogP contribution < -0.4 is 10.6 Å². The third-order valence-corrected chi connectivity index (χ3v) is 5.34. The van der Waals surface area contributed by atoms with Crippen LogP contribution in [0.2, 0.25) is 0 Å². The monoisotopic (exact) mass is 397 g/mol. The molecule has 3 aromatic rings. The number of aliphatic hydroxyl groups excluding tert-OH is 2. The third-order valence-electron chi connectivity index (χ3n) is 5.34. The Kier molecular flexibility index (Phi) is 5.12. The Labute approximate surface area is 167 Å². The van der Waals surface area contributed by atoms with E-state index in [9.17, 15) is 15.0 Å². The topological polar surface area (TPSA) is 138 Å². The van der Waals surface area contributed by atoms with Crippen molar-refractivity contribution in [3.8, 4) is 0 Å². The van der Waals surface area contributed by atoms with Crippen LogP contribution in [0, 0.1) is 6.92 Å². The van der Waals surface area contributed by atoms with Gasteiger partial charge in [0.25, 0.3) is 5.91 Å². The first-order valence-corrected chi connectivity index (χ1v) is 9.44. The van der Waals surface area contributed by atoms with Gasteiger partial charge in [-0.05, 0) is 31.4 Å². The second-order valence-electron chi connectivity index (χ2n) is 7.22. The summed E-state index contributed by atoms with van der Waals surface area (Å²) in [6.07, 6.45) is 3.43. The Morgan fingerprint density at radius 1 is 1.14 bits per heavy atom. The molecular weight excluding hydrogens is 374 g/mol. The van der Waals surface area contributed by atoms with Crippen molar-refractivity contribution in [1.29, 1.82) is 0 Å². The number of aromatic nitrogens is 5. The molecule has 1 fully saturated rings. The van der Waals surface area contributed by atoms with E-state index >= 15 is 0 Å². The summed E-state index contributed by atoms with van der Waals surface area (Å²) in [6.45, 7) is 1.89. The van der Waals surface area contributed by atoms with Gasteiger partial charge in [-0.25, -0.2) is 15.0 Å². The molecule has 4 N–H and O–H groups in total. The number of rotatable bonds is 4. The van der Waals surface area contributed by atoms with Crippen molar-refractivity contribution < 1.29 is 15.0 Å². The Hall–Kier alpha value is -3.11. The predicted molar refractivity (Wildman–Crippen MR) is 105 cm³/mol. The van der Waals surface area contributed by atoms with Crippen LogP contribution in [0.5, 0.6) is 0 Å². The van der Waals surface area contributed by atoms with Crippen molar-refractivity contribution >= 4 is 22.9 Å². The molecule has 4 rings (SSSR count). The van der Waals surface area contributed by atoms with E-state index in [1.807, 2.05) is 6.92 Å². The van der Waals surface area contributed by atoms with E-state index in [1.165, 1.54) is 6.33 Å². The van der Waals surface area contributed by atoms with Crippen molar-refractivity contribution in [2.45, 2.75) is 44.1 Å². The molecule has 0 bridgehead atoms. The SMILES string of the molecule is CNc1ncnc2c1ncn2[C@@H]1CC[C@@H](NC(=O)c2ccc(C)cn2)[C@@H](O)[C@@H]1O. The molecule has 1 aliphatic rings. The molecule has 152 valence electrons. The van der Waals surface area contributed by atoms with Crippen LogP contribution in [-0.4, -0.2) is 65.9 Å². The molecule has 4 atom stereocenters. The number of fused-ring (bicyclic) bond motifs is 1. The van der Waals surface area contributed by atoms with E-state index in [-0.39, 0.29) is 11.6 Å². The smallest absolute Gasteiger partial charge is 0.270 e. The lowest BCUT2D eigenvalue weighted by Crippen LogP contribution is -2.54. The summed E-state index contributed by atoms with van der Waals surface area (Å²) in [5.41, 5.74) is 2.40. The zero-order valence-corrected chi connectivity index (χ0v) is 16.1. The van der Waals surface area contributed by atoms with Crippen LogP contribution in [0.3, 0.4) is 0 Å². The highest BCUT2D eigenvalue weighted by atomic mass is 16.3. The molecule has 3 heterocycles. The van der Waals surface area contributed by atoms with Gasteiger partial charge in [0.15, 0.2) is 11.5 Å². The summed E-state index contributed by atoms with van der Waals surface area (Å²) in [7, 11) is 1.75. The highest BCUT2D eigenvalue weighted by molar-refractivity contribution is 5.92. The van der Waals surface area contributed by atoms with Gasteiger partial charge in [-0.2, -0.15) is 0 Å². The van der Waals surface area contributed by atoms with Crippen LogP contribution in [0.1, 0.15) is 34.9 Å². The lowest BCUT2D eigenvalue weighted by molar-refractivity contribution is -0.0553. The number of pyridine rings is 1. The van der Waals surface area contributed by atoms with Crippen molar-refractivity contribution in [2.75, 3.05) is 12.4 Å². The molecule has 0 spiro atoms. The molecule has 0 aromatic carbocycles. The van der Waals surface area contributed by atoms with Crippen molar-refractivity contribution in [2.24, 2.45) is 0 Å². The van der Waals surface area contributed by atoms with E-state index in [4.69, 9.17) is 0 Å². The molecule has 0 radical (unpaired) electrons. The van der Waals surface area contributed by atoms with Gasteiger partial charge in [-0.15, -0.1) is 0 Å². The largest absolute Gasteiger partial charge is 0.388 e. The summed E-state index contributed by atoms with van der Waals surface area (Å²) in [4.78, 5) is 29.3.